The molecule has 1 aliphatic heterocycles. The standard InChI is InChI=1S/C5H10O2S/c1-2-3-5-4-6-8-7-5/h5H,2-4H2,1H3. The van der Waals surface area contributed by atoms with Crippen LogP contribution in [0.4, 0.5) is 0 Å². The molecule has 1 aliphatic rings. The number of hydrogen-bond donors (Lipinski definition) is 0. The van der Waals surface area contributed by atoms with Gasteiger partial charge in [-0.25, -0.2) is 0 Å². The molecule has 1 fully saturated rings. The minimum atomic E-state index is 0.352. The summed E-state index contributed by atoms with van der Waals surface area (Å²) >= 11 is 1.12. The van der Waals surface area contributed by atoms with Gasteiger partial charge in [0, 0.05) is 0 Å². The lowest BCUT2D eigenvalue weighted by Crippen LogP contribution is -2.06. The first-order valence-corrected chi connectivity index (χ1v) is 3.55. The van der Waals surface area contributed by atoms with E-state index in [9.17, 15) is 0 Å². The molecule has 1 rings (SSSR count). The van der Waals surface area contributed by atoms with Crippen LogP contribution in [0.3, 0.4) is 0 Å². The van der Waals surface area contributed by atoms with E-state index in [0.29, 0.717) is 6.10 Å². The minimum absolute atomic E-state index is 0.352. The Labute approximate surface area is 54.0 Å². The van der Waals surface area contributed by atoms with Crippen LogP contribution < -0.4 is 0 Å². The highest BCUT2D eigenvalue weighted by Crippen LogP contribution is 2.21. The molecule has 0 bridgehead atoms. The molecule has 1 unspecified atom stereocenters. The highest BCUT2D eigenvalue weighted by Gasteiger charge is 2.15. The number of rotatable bonds is 2. The maximum Gasteiger partial charge on any atom is 0.159 e. The Morgan fingerprint density at radius 3 is 3.12 bits per heavy atom. The van der Waals surface area contributed by atoms with Crippen molar-refractivity contribution >= 4 is 12.3 Å². The second kappa shape index (κ2) is 3.33. The first-order chi connectivity index (χ1) is 3.93. The van der Waals surface area contributed by atoms with E-state index in [1.165, 1.54) is 6.42 Å². The molecule has 0 aromatic heterocycles. The Hall–Kier alpha value is 0.270. The van der Waals surface area contributed by atoms with Gasteiger partial charge in [-0.3, -0.25) is 8.37 Å². The van der Waals surface area contributed by atoms with Crippen molar-refractivity contribution in [1.29, 1.82) is 0 Å². The lowest BCUT2D eigenvalue weighted by Gasteiger charge is -1.99. The van der Waals surface area contributed by atoms with Crippen LogP contribution in [0.2, 0.25) is 0 Å². The highest BCUT2D eigenvalue weighted by molar-refractivity contribution is 7.90. The lowest BCUT2D eigenvalue weighted by molar-refractivity contribution is 0.228. The van der Waals surface area contributed by atoms with Gasteiger partial charge in [-0.15, -0.1) is 0 Å². The van der Waals surface area contributed by atoms with Crippen LogP contribution in [0.5, 0.6) is 0 Å². The van der Waals surface area contributed by atoms with E-state index in [-0.39, 0.29) is 0 Å². The summed E-state index contributed by atoms with van der Waals surface area (Å²) in [5.74, 6) is 0. The lowest BCUT2D eigenvalue weighted by atomic mass is 10.2. The van der Waals surface area contributed by atoms with E-state index >= 15 is 0 Å². The molecule has 1 saturated heterocycles. The fourth-order valence-corrected chi connectivity index (χ4v) is 1.19. The molecule has 8 heavy (non-hydrogen) atoms. The summed E-state index contributed by atoms with van der Waals surface area (Å²) in [5, 5.41) is 0. The average molecular weight is 134 g/mol. The molecule has 0 N–H and O–H groups in total. The molecule has 1 heterocycles. The van der Waals surface area contributed by atoms with E-state index < -0.39 is 0 Å². The van der Waals surface area contributed by atoms with Gasteiger partial charge in [-0.1, -0.05) is 13.3 Å². The predicted molar refractivity (Wildman–Crippen MR) is 33.3 cm³/mol. The van der Waals surface area contributed by atoms with Crippen LogP contribution in [0.1, 0.15) is 19.8 Å². The molecule has 2 nitrogen and oxygen atoms in total. The maximum absolute atomic E-state index is 5.09. The third kappa shape index (κ3) is 1.65. The molecule has 0 aliphatic carbocycles. The second-order valence-corrected chi connectivity index (χ2v) is 2.42. The summed E-state index contributed by atoms with van der Waals surface area (Å²) in [6.07, 6.45) is 2.65. The van der Waals surface area contributed by atoms with Crippen molar-refractivity contribution in [3.8, 4) is 0 Å². The van der Waals surface area contributed by atoms with Crippen LogP contribution in [0.15, 0.2) is 0 Å². The van der Waals surface area contributed by atoms with E-state index in [2.05, 4.69) is 6.92 Å². The maximum atomic E-state index is 5.09. The van der Waals surface area contributed by atoms with Crippen molar-refractivity contribution in [3.63, 3.8) is 0 Å². The van der Waals surface area contributed by atoms with Crippen LogP contribution in [-0.2, 0) is 8.37 Å². The first-order valence-electron chi connectivity index (χ1n) is 2.88. The smallest absolute Gasteiger partial charge is 0.159 e. The predicted octanol–water partition coefficient (Wildman–Crippen LogP) is 1.77. The Bertz CT molecular complexity index is 61.4. The van der Waals surface area contributed by atoms with Crippen LogP contribution in [-0.4, -0.2) is 12.7 Å². The van der Waals surface area contributed by atoms with E-state index in [1.807, 2.05) is 0 Å². The Kier molecular flexibility index (Phi) is 2.66. The fourth-order valence-electron chi connectivity index (χ4n) is 0.668. The summed E-state index contributed by atoms with van der Waals surface area (Å²) < 4.78 is 9.99. The molecule has 0 spiro atoms. The zero-order valence-corrected chi connectivity index (χ0v) is 5.74. The Balaban J connectivity index is 2.06. The van der Waals surface area contributed by atoms with Crippen molar-refractivity contribution in [2.75, 3.05) is 6.61 Å². The van der Waals surface area contributed by atoms with E-state index in [0.717, 1.165) is 25.4 Å². The molecule has 0 saturated carbocycles. The quantitative estimate of drug-likeness (QED) is 0.536. The van der Waals surface area contributed by atoms with E-state index in [1.54, 1.807) is 0 Å². The first kappa shape index (κ1) is 6.39. The molecule has 0 aromatic rings. The normalized spacial score (nSPS) is 28.9. The third-order valence-corrected chi connectivity index (χ3v) is 1.67. The van der Waals surface area contributed by atoms with Gasteiger partial charge in [0.15, 0.2) is 12.3 Å². The molecule has 0 aromatic carbocycles. The molecule has 0 amide bonds. The van der Waals surface area contributed by atoms with Crippen molar-refractivity contribution in [3.05, 3.63) is 0 Å². The molecule has 0 radical (unpaired) electrons. The SMILES string of the molecule is CCCC1COSO1. The van der Waals surface area contributed by atoms with Gasteiger partial charge in [0.05, 0.1) is 12.7 Å². The third-order valence-electron chi connectivity index (χ3n) is 1.09. The van der Waals surface area contributed by atoms with Gasteiger partial charge in [0.1, 0.15) is 0 Å². The summed E-state index contributed by atoms with van der Waals surface area (Å²) in [5.41, 5.74) is 0. The van der Waals surface area contributed by atoms with Gasteiger partial charge < -0.3 is 0 Å². The summed E-state index contributed by atoms with van der Waals surface area (Å²) in [7, 11) is 0. The van der Waals surface area contributed by atoms with Crippen LogP contribution >= 0.6 is 12.3 Å². The summed E-state index contributed by atoms with van der Waals surface area (Å²) in [4.78, 5) is 0. The van der Waals surface area contributed by atoms with Crippen molar-refractivity contribution in [2.24, 2.45) is 0 Å². The largest absolute Gasteiger partial charge is 0.289 e. The second-order valence-electron chi connectivity index (χ2n) is 1.86. The van der Waals surface area contributed by atoms with Gasteiger partial charge >= 0.3 is 0 Å². The van der Waals surface area contributed by atoms with Gasteiger partial charge in [-0.05, 0) is 6.42 Å². The van der Waals surface area contributed by atoms with Crippen molar-refractivity contribution in [2.45, 2.75) is 25.9 Å². The molecule has 48 valence electrons. The van der Waals surface area contributed by atoms with Crippen molar-refractivity contribution < 1.29 is 8.37 Å². The molecular weight excluding hydrogens is 124 g/mol. The molecule has 3 heteroatoms. The fraction of sp³-hybridized carbons (Fsp3) is 1.00. The Morgan fingerprint density at radius 1 is 1.75 bits per heavy atom. The van der Waals surface area contributed by atoms with Crippen molar-refractivity contribution in [1.82, 2.24) is 0 Å². The molecule has 1 atom stereocenters. The van der Waals surface area contributed by atoms with Gasteiger partial charge in [0.25, 0.3) is 0 Å². The van der Waals surface area contributed by atoms with Gasteiger partial charge in [-0.2, -0.15) is 0 Å². The average Bonchev–Trinajstić information content (AvgIpc) is 2.19. The monoisotopic (exact) mass is 134 g/mol. The van der Waals surface area contributed by atoms with Gasteiger partial charge in [0.2, 0.25) is 0 Å². The minimum Gasteiger partial charge on any atom is -0.289 e. The number of hydrogen-bond acceptors (Lipinski definition) is 3. The molecular formula is C5H10O2S. The zero-order valence-electron chi connectivity index (χ0n) is 4.92. The summed E-state index contributed by atoms with van der Waals surface area (Å²) in [6, 6.07) is 0. The zero-order chi connectivity index (χ0) is 5.82. The van der Waals surface area contributed by atoms with Crippen LogP contribution in [0.25, 0.3) is 0 Å². The van der Waals surface area contributed by atoms with Crippen LogP contribution in [0, 0.1) is 0 Å². The Morgan fingerprint density at radius 2 is 2.62 bits per heavy atom. The summed E-state index contributed by atoms with van der Waals surface area (Å²) in [6.45, 7) is 2.91. The topological polar surface area (TPSA) is 18.5 Å². The highest BCUT2D eigenvalue weighted by atomic mass is 32.2. The van der Waals surface area contributed by atoms with E-state index in [4.69, 9.17) is 8.37 Å².